The van der Waals surface area contributed by atoms with Crippen LogP contribution >= 0.6 is 0 Å². The van der Waals surface area contributed by atoms with Gasteiger partial charge in [-0.25, -0.2) is 0 Å². The van der Waals surface area contributed by atoms with Gasteiger partial charge in [-0.3, -0.25) is 9.59 Å². The van der Waals surface area contributed by atoms with Crippen molar-refractivity contribution in [2.75, 3.05) is 19.6 Å². The van der Waals surface area contributed by atoms with Crippen molar-refractivity contribution < 1.29 is 9.59 Å². The highest BCUT2D eigenvalue weighted by Gasteiger charge is 2.44. The first-order chi connectivity index (χ1) is 12.6. The zero-order chi connectivity index (χ0) is 17.8. The molecule has 2 bridgehead atoms. The highest BCUT2D eigenvalue weighted by Crippen LogP contribution is 2.38. The lowest BCUT2D eigenvalue weighted by atomic mass is 9.76. The molecule has 1 aromatic heterocycles. The highest BCUT2D eigenvalue weighted by atomic mass is 16.2. The molecule has 3 fully saturated rings. The number of fused-ring (bicyclic) bond motifs is 5. The topological polar surface area (TPSA) is 45.6 Å². The molecule has 0 spiro atoms. The summed E-state index contributed by atoms with van der Waals surface area (Å²) in [5.41, 5.74) is 1.87. The summed E-state index contributed by atoms with van der Waals surface area (Å²) in [6.45, 7) is 2.40. The average molecular weight is 351 g/mol. The number of rotatable bonds is 1. The average Bonchev–Trinajstić information content (AvgIpc) is 3.02. The van der Waals surface area contributed by atoms with Gasteiger partial charge >= 0.3 is 0 Å². The number of hydrogen-bond donors (Lipinski definition) is 0. The fraction of sp³-hybridized carbons (Fsp3) is 0.524. The van der Waals surface area contributed by atoms with Gasteiger partial charge in [0.05, 0.1) is 0 Å². The summed E-state index contributed by atoms with van der Waals surface area (Å²) in [6, 6.07) is 8.42. The van der Waals surface area contributed by atoms with Gasteiger partial charge in [-0.15, -0.1) is 0 Å². The second-order valence-corrected chi connectivity index (χ2v) is 8.28. The molecule has 3 aliphatic heterocycles. The van der Waals surface area contributed by atoms with E-state index in [0.717, 1.165) is 55.4 Å². The molecule has 26 heavy (non-hydrogen) atoms. The second-order valence-electron chi connectivity index (χ2n) is 8.28. The number of aryl methyl sites for hydroxylation is 1. The van der Waals surface area contributed by atoms with Crippen molar-refractivity contribution in [1.82, 2.24) is 14.4 Å². The van der Waals surface area contributed by atoms with Crippen LogP contribution in [0.1, 0.15) is 36.0 Å². The van der Waals surface area contributed by atoms with Crippen molar-refractivity contribution in [1.29, 1.82) is 0 Å². The number of nitrogens with zero attached hydrogens (tertiary/aromatic N) is 3. The third-order valence-electron chi connectivity index (χ3n) is 6.60. The van der Waals surface area contributed by atoms with Gasteiger partial charge in [-0.05, 0) is 54.7 Å². The maximum Gasteiger partial charge on any atom is 0.253 e. The van der Waals surface area contributed by atoms with Crippen LogP contribution in [0.5, 0.6) is 0 Å². The third kappa shape index (κ3) is 2.44. The molecule has 0 radical (unpaired) electrons. The number of piperidine rings is 3. The number of hydrogen-bond acceptors (Lipinski definition) is 2. The van der Waals surface area contributed by atoms with Crippen LogP contribution in [0.3, 0.4) is 0 Å². The van der Waals surface area contributed by atoms with E-state index in [2.05, 4.69) is 15.5 Å². The molecule has 3 aliphatic rings. The molecule has 3 atom stereocenters. The maximum absolute atomic E-state index is 13.2. The molecule has 5 nitrogen and oxygen atoms in total. The van der Waals surface area contributed by atoms with Gasteiger partial charge in [0.2, 0.25) is 5.91 Å². The Morgan fingerprint density at radius 2 is 2.04 bits per heavy atom. The van der Waals surface area contributed by atoms with Gasteiger partial charge in [-0.1, -0.05) is 6.07 Å². The van der Waals surface area contributed by atoms with Gasteiger partial charge in [0.25, 0.3) is 5.91 Å². The van der Waals surface area contributed by atoms with Crippen LogP contribution in [0.2, 0.25) is 0 Å². The lowest BCUT2D eigenvalue weighted by Crippen LogP contribution is -2.61. The Kier molecular flexibility index (Phi) is 3.59. The number of benzene rings is 1. The Bertz CT molecular complexity index is 887. The number of likely N-dealkylation sites (tertiary alicyclic amines) is 1. The van der Waals surface area contributed by atoms with E-state index in [1.54, 1.807) is 0 Å². The summed E-state index contributed by atoms with van der Waals surface area (Å²) >= 11 is 0. The van der Waals surface area contributed by atoms with E-state index in [-0.39, 0.29) is 5.91 Å². The van der Waals surface area contributed by atoms with Crippen LogP contribution < -0.4 is 0 Å². The van der Waals surface area contributed by atoms with Crippen LogP contribution in [0, 0.1) is 11.8 Å². The molecule has 0 aliphatic carbocycles. The Morgan fingerprint density at radius 1 is 1.15 bits per heavy atom. The molecular weight excluding hydrogens is 326 g/mol. The summed E-state index contributed by atoms with van der Waals surface area (Å²) in [4.78, 5) is 29.6. The van der Waals surface area contributed by atoms with Gasteiger partial charge in [-0.2, -0.15) is 0 Å². The van der Waals surface area contributed by atoms with Gasteiger partial charge in [0.1, 0.15) is 0 Å². The standard InChI is InChI=1S/C21H25N3O2/c1-22-8-7-15-5-6-16(10-19(15)22)21(26)23-11-14-9-17(13-23)18-3-2-4-20(25)24(18)12-14/h5-8,10,14,17-18H,2-4,9,11-13H2,1H3/t14-,17+,18-/m1/s1. The van der Waals surface area contributed by atoms with Gasteiger partial charge in [0.15, 0.2) is 0 Å². The quantitative estimate of drug-likeness (QED) is 0.793. The van der Waals surface area contributed by atoms with Crippen molar-refractivity contribution in [3.8, 4) is 0 Å². The molecule has 2 aromatic rings. The van der Waals surface area contributed by atoms with E-state index in [4.69, 9.17) is 0 Å². The van der Waals surface area contributed by atoms with Crippen molar-refractivity contribution in [3.63, 3.8) is 0 Å². The summed E-state index contributed by atoms with van der Waals surface area (Å²) in [6.07, 6.45) is 5.99. The predicted octanol–water partition coefficient (Wildman–Crippen LogP) is 2.65. The first-order valence-electron chi connectivity index (χ1n) is 9.74. The van der Waals surface area contributed by atoms with Gasteiger partial charge in [0, 0.05) is 56.4 Å². The molecule has 0 saturated carbocycles. The first kappa shape index (κ1) is 15.9. The molecule has 0 unspecified atom stereocenters. The van der Waals surface area contributed by atoms with E-state index in [1.165, 1.54) is 0 Å². The first-order valence-corrected chi connectivity index (χ1v) is 9.74. The molecular formula is C21H25N3O2. The van der Waals surface area contributed by atoms with Crippen LogP contribution in [0.15, 0.2) is 30.5 Å². The Morgan fingerprint density at radius 3 is 2.92 bits per heavy atom. The molecule has 5 heteroatoms. The lowest BCUT2D eigenvalue weighted by molar-refractivity contribution is -0.144. The summed E-state index contributed by atoms with van der Waals surface area (Å²) in [7, 11) is 2.01. The van der Waals surface area contributed by atoms with E-state index in [1.807, 2.05) is 36.3 Å². The van der Waals surface area contributed by atoms with E-state index >= 15 is 0 Å². The SMILES string of the molecule is Cn1ccc2ccc(C(=O)N3C[C@H]4C[C@@H](C3)[C@H]3CCCC(=O)N3C4)cc21. The van der Waals surface area contributed by atoms with Crippen molar-refractivity contribution in [3.05, 3.63) is 36.0 Å². The van der Waals surface area contributed by atoms with E-state index in [9.17, 15) is 9.59 Å². The van der Waals surface area contributed by atoms with Gasteiger partial charge < -0.3 is 14.4 Å². The molecule has 3 saturated heterocycles. The number of carbonyl (C=O) groups excluding carboxylic acids is 2. The molecule has 1 aromatic carbocycles. The fourth-order valence-electron chi connectivity index (χ4n) is 5.35. The Hall–Kier alpha value is -2.30. The minimum Gasteiger partial charge on any atom is -0.351 e. The molecule has 136 valence electrons. The Labute approximate surface area is 153 Å². The minimum atomic E-state index is 0.137. The predicted molar refractivity (Wildman–Crippen MR) is 99.8 cm³/mol. The largest absolute Gasteiger partial charge is 0.351 e. The van der Waals surface area contributed by atoms with Crippen LogP contribution in [0.25, 0.3) is 10.9 Å². The van der Waals surface area contributed by atoms with Crippen molar-refractivity contribution in [2.45, 2.75) is 31.7 Å². The molecule has 5 rings (SSSR count). The van der Waals surface area contributed by atoms with E-state index < -0.39 is 0 Å². The molecule has 0 N–H and O–H groups in total. The summed E-state index contributed by atoms with van der Waals surface area (Å²) in [5, 5.41) is 1.16. The second kappa shape index (κ2) is 5.86. The third-order valence-corrected chi connectivity index (χ3v) is 6.60. The lowest BCUT2D eigenvalue weighted by Gasteiger charge is -2.52. The minimum absolute atomic E-state index is 0.137. The van der Waals surface area contributed by atoms with Crippen molar-refractivity contribution >= 4 is 22.7 Å². The highest BCUT2D eigenvalue weighted by molar-refractivity contribution is 5.98. The number of carbonyl (C=O) groups is 2. The maximum atomic E-state index is 13.2. The monoisotopic (exact) mass is 351 g/mol. The normalized spacial score (nSPS) is 28.3. The number of amides is 2. The summed E-state index contributed by atoms with van der Waals surface area (Å²) in [5.74, 6) is 1.33. The van der Waals surface area contributed by atoms with Crippen LogP contribution in [0.4, 0.5) is 0 Å². The van der Waals surface area contributed by atoms with Crippen LogP contribution in [-0.2, 0) is 11.8 Å². The smallest absolute Gasteiger partial charge is 0.253 e. The summed E-state index contributed by atoms with van der Waals surface area (Å²) < 4.78 is 2.06. The zero-order valence-electron chi connectivity index (χ0n) is 15.2. The fourth-order valence-corrected chi connectivity index (χ4v) is 5.35. The molecule has 4 heterocycles. The number of aromatic nitrogens is 1. The van der Waals surface area contributed by atoms with Crippen molar-refractivity contribution in [2.24, 2.45) is 18.9 Å². The zero-order valence-corrected chi connectivity index (χ0v) is 15.2. The van der Waals surface area contributed by atoms with E-state index in [0.29, 0.717) is 30.2 Å². The van der Waals surface area contributed by atoms with Crippen LogP contribution in [-0.4, -0.2) is 51.9 Å². The molecule has 2 amide bonds. The Balaban J connectivity index is 1.39.